The summed E-state index contributed by atoms with van der Waals surface area (Å²) in [6.07, 6.45) is 4.04. The standard InChI is InChI=1S/C24H33ClN2O5S2/c1-4-7-9-18(5-2)15-26-34(30,31)22-13-12-21(33-22)17-27(23(28)24(29)32-6-3)16-19-10-8-11-20(25)14-19/h8,10-14,18,26H,4-7,9,15-17H2,1-3H3. The second-order valence-electron chi connectivity index (χ2n) is 8.00. The van der Waals surface area contributed by atoms with Gasteiger partial charge in [-0.3, -0.25) is 4.79 Å². The molecule has 0 fully saturated rings. The topological polar surface area (TPSA) is 92.8 Å². The summed E-state index contributed by atoms with van der Waals surface area (Å²) < 4.78 is 33.4. The molecule has 1 aromatic carbocycles. The lowest BCUT2D eigenvalue weighted by Gasteiger charge is -2.21. The summed E-state index contributed by atoms with van der Waals surface area (Å²) in [5.74, 6) is -1.45. The van der Waals surface area contributed by atoms with E-state index in [1.807, 2.05) is 0 Å². The lowest BCUT2D eigenvalue weighted by Crippen LogP contribution is -2.36. The van der Waals surface area contributed by atoms with Crippen LogP contribution in [0.1, 0.15) is 56.9 Å². The minimum atomic E-state index is -3.66. The average molecular weight is 529 g/mol. The lowest BCUT2D eigenvalue weighted by molar-refractivity contribution is -0.160. The number of unbranched alkanes of at least 4 members (excludes halogenated alkanes) is 1. The monoisotopic (exact) mass is 528 g/mol. The zero-order valence-electron chi connectivity index (χ0n) is 19.9. The van der Waals surface area contributed by atoms with Gasteiger partial charge in [0.05, 0.1) is 13.2 Å². The van der Waals surface area contributed by atoms with Crippen LogP contribution in [0, 0.1) is 5.92 Å². The first-order valence-corrected chi connectivity index (χ1v) is 14.2. The van der Waals surface area contributed by atoms with Gasteiger partial charge in [0.1, 0.15) is 4.21 Å². The Hall–Kier alpha value is -1.94. The minimum absolute atomic E-state index is 0.0679. The maximum atomic E-state index is 12.8. The Bertz CT molecular complexity index is 1060. The molecule has 10 heteroatoms. The van der Waals surface area contributed by atoms with Gasteiger partial charge >= 0.3 is 11.9 Å². The van der Waals surface area contributed by atoms with Gasteiger partial charge in [0, 0.05) is 23.0 Å². The van der Waals surface area contributed by atoms with Crippen LogP contribution in [0.25, 0.3) is 0 Å². The van der Waals surface area contributed by atoms with E-state index in [1.165, 1.54) is 11.0 Å². The van der Waals surface area contributed by atoms with Crippen molar-refractivity contribution < 1.29 is 22.7 Å². The molecule has 0 aliphatic carbocycles. The summed E-state index contributed by atoms with van der Waals surface area (Å²) >= 11 is 7.14. The SMILES string of the molecule is CCCCC(CC)CNS(=O)(=O)c1ccc(CN(Cc2cccc(Cl)c2)C(=O)C(=O)OCC)s1. The third-order valence-electron chi connectivity index (χ3n) is 5.35. The number of carbonyl (C=O) groups is 2. The first-order valence-electron chi connectivity index (χ1n) is 11.5. The Morgan fingerprint density at radius 2 is 1.91 bits per heavy atom. The molecular formula is C24H33ClN2O5S2. The number of esters is 1. The van der Waals surface area contributed by atoms with Gasteiger partial charge in [-0.15, -0.1) is 11.3 Å². The number of hydrogen-bond acceptors (Lipinski definition) is 6. The van der Waals surface area contributed by atoms with Gasteiger partial charge in [0.15, 0.2) is 0 Å². The molecular weight excluding hydrogens is 496 g/mol. The molecule has 1 aromatic heterocycles. The van der Waals surface area contributed by atoms with Crippen molar-refractivity contribution in [3.63, 3.8) is 0 Å². The quantitative estimate of drug-likeness (QED) is 0.292. The molecule has 0 radical (unpaired) electrons. The highest BCUT2D eigenvalue weighted by molar-refractivity contribution is 7.91. The fraction of sp³-hybridized carbons (Fsp3) is 0.500. The normalized spacial score (nSPS) is 12.4. The van der Waals surface area contributed by atoms with Gasteiger partial charge < -0.3 is 9.64 Å². The highest BCUT2D eigenvalue weighted by atomic mass is 35.5. The lowest BCUT2D eigenvalue weighted by atomic mass is 10.00. The molecule has 1 heterocycles. The first-order chi connectivity index (χ1) is 16.2. The van der Waals surface area contributed by atoms with Crippen LogP contribution in [0.15, 0.2) is 40.6 Å². The van der Waals surface area contributed by atoms with Crippen molar-refractivity contribution in [1.82, 2.24) is 9.62 Å². The van der Waals surface area contributed by atoms with E-state index in [0.29, 0.717) is 22.4 Å². The van der Waals surface area contributed by atoms with Crippen LogP contribution in [-0.2, 0) is 37.4 Å². The molecule has 0 saturated heterocycles. The van der Waals surface area contributed by atoms with E-state index >= 15 is 0 Å². The van der Waals surface area contributed by atoms with Crippen LogP contribution in [0.3, 0.4) is 0 Å². The Morgan fingerprint density at radius 3 is 2.56 bits per heavy atom. The first kappa shape index (κ1) is 28.3. The van der Waals surface area contributed by atoms with Gasteiger partial charge in [-0.05, 0) is 49.1 Å². The summed E-state index contributed by atoms with van der Waals surface area (Å²) in [7, 11) is -3.66. The van der Waals surface area contributed by atoms with Crippen molar-refractivity contribution in [3.05, 3.63) is 51.9 Å². The van der Waals surface area contributed by atoms with E-state index < -0.39 is 21.9 Å². The van der Waals surface area contributed by atoms with E-state index in [4.69, 9.17) is 16.3 Å². The van der Waals surface area contributed by atoms with Gasteiger partial charge in [-0.2, -0.15) is 0 Å². The fourth-order valence-corrected chi connectivity index (χ4v) is 6.14. The number of carbonyl (C=O) groups excluding carboxylic acids is 2. The van der Waals surface area contributed by atoms with Gasteiger partial charge in [-0.1, -0.05) is 56.8 Å². The smallest absolute Gasteiger partial charge is 0.397 e. The zero-order chi connectivity index (χ0) is 25.1. The van der Waals surface area contributed by atoms with Crippen molar-refractivity contribution >= 4 is 44.8 Å². The number of nitrogens with zero attached hydrogens (tertiary/aromatic N) is 1. The van der Waals surface area contributed by atoms with Crippen molar-refractivity contribution in [2.45, 2.75) is 63.8 Å². The van der Waals surface area contributed by atoms with Crippen LogP contribution >= 0.6 is 22.9 Å². The van der Waals surface area contributed by atoms with Crippen molar-refractivity contribution in [2.75, 3.05) is 13.2 Å². The second-order valence-corrected chi connectivity index (χ2v) is 11.6. The maximum absolute atomic E-state index is 12.8. The summed E-state index contributed by atoms with van der Waals surface area (Å²) in [4.78, 5) is 26.8. The van der Waals surface area contributed by atoms with Gasteiger partial charge in [0.2, 0.25) is 10.0 Å². The summed E-state index contributed by atoms with van der Waals surface area (Å²) in [5, 5.41) is 0.515. The number of amides is 1. The summed E-state index contributed by atoms with van der Waals surface area (Å²) in [6, 6.07) is 10.2. The maximum Gasteiger partial charge on any atom is 0.397 e. The van der Waals surface area contributed by atoms with Crippen molar-refractivity contribution in [1.29, 1.82) is 0 Å². The molecule has 0 bridgehead atoms. The molecule has 34 heavy (non-hydrogen) atoms. The Labute approximate surface area is 211 Å². The van der Waals surface area contributed by atoms with E-state index in [-0.39, 0.29) is 23.9 Å². The number of nitrogens with one attached hydrogen (secondary N) is 1. The zero-order valence-corrected chi connectivity index (χ0v) is 22.3. The highest BCUT2D eigenvalue weighted by Gasteiger charge is 2.25. The van der Waals surface area contributed by atoms with E-state index in [2.05, 4.69) is 18.6 Å². The molecule has 0 aliphatic rings. The molecule has 2 rings (SSSR count). The van der Waals surface area contributed by atoms with Crippen molar-refractivity contribution in [2.24, 2.45) is 5.92 Å². The molecule has 1 amide bonds. The number of hydrogen-bond donors (Lipinski definition) is 1. The van der Waals surface area contributed by atoms with E-state index in [9.17, 15) is 18.0 Å². The number of rotatable bonds is 13. The molecule has 0 saturated carbocycles. The third-order valence-corrected chi connectivity index (χ3v) is 8.57. The number of benzene rings is 1. The van der Waals surface area contributed by atoms with Crippen LogP contribution in [-0.4, -0.2) is 38.3 Å². The molecule has 0 aliphatic heterocycles. The number of halogens is 1. The molecule has 1 N–H and O–H groups in total. The van der Waals surface area contributed by atoms with Crippen LogP contribution in [0.2, 0.25) is 5.02 Å². The van der Waals surface area contributed by atoms with Gasteiger partial charge in [0.25, 0.3) is 0 Å². The Morgan fingerprint density at radius 1 is 1.15 bits per heavy atom. The second kappa shape index (κ2) is 13.8. The Balaban J connectivity index is 2.15. The molecule has 1 atom stereocenters. The predicted octanol–water partition coefficient (Wildman–Crippen LogP) is 4.99. The predicted molar refractivity (Wildman–Crippen MR) is 135 cm³/mol. The molecule has 1 unspecified atom stereocenters. The summed E-state index contributed by atoms with van der Waals surface area (Å²) in [5.41, 5.74) is 0.744. The van der Waals surface area contributed by atoms with Crippen LogP contribution in [0.4, 0.5) is 0 Å². The molecule has 188 valence electrons. The number of thiophene rings is 1. The summed E-state index contributed by atoms with van der Waals surface area (Å²) in [6.45, 7) is 6.49. The average Bonchev–Trinajstić information content (AvgIpc) is 3.28. The van der Waals surface area contributed by atoms with E-state index in [1.54, 1.807) is 37.3 Å². The van der Waals surface area contributed by atoms with E-state index in [0.717, 1.165) is 42.6 Å². The van der Waals surface area contributed by atoms with Gasteiger partial charge in [-0.25, -0.2) is 17.9 Å². The van der Waals surface area contributed by atoms with Crippen molar-refractivity contribution in [3.8, 4) is 0 Å². The number of sulfonamides is 1. The van der Waals surface area contributed by atoms with Crippen LogP contribution in [0.5, 0.6) is 0 Å². The molecule has 2 aromatic rings. The Kier molecular flexibility index (Phi) is 11.5. The molecule has 0 spiro atoms. The fourth-order valence-electron chi connectivity index (χ4n) is 3.39. The third kappa shape index (κ3) is 8.69. The highest BCUT2D eigenvalue weighted by Crippen LogP contribution is 2.24. The largest absolute Gasteiger partial charge is 0.459 e. The number of ether oxygens (including phenoxy) is 1. The molecule has 7 nitrogen and oxygen atoms in total. The minimum Gasteiger partial charge on any atom is -0.459 e. The van der Waals surface area contributed by atoms with Crippen LogP contribution < -0.4 is 4.72 Å².